The Bertz CT molecular complexity index is 1420. The molecule has 1 aromatic heterocycles. The largest absolute Gasteiger partial charge is 0.378 e. The topological polar surface area (TPSA) is 71.9 Å². The van der Waals surface area contributed by atoms with Crippen molar-refractivity contribution in [3.8, 4) is 0 Å². The van der Waals surface area contributed by atoms with Crippen LogP contribution in [0.5, 0.6) is 0 Å². The van der Waals surface area contributed by atoms with E-state index in [0.29, 0.717) is 46.8 Å². The molecule has 186 valence electrons. The number of fused-ring (bicyclic) bond motifs is 1. The molecule has 0 spiro atoms. The molecule has 2 aliphatic heterocycles. The van der Waals surface area contributed by atoms with E-state index in [1.807, 2.05) is 29.0 Å². The molecule has 3 aromatic rings. The van der Waals surface area contributed by atoms with E-state index < -0.39 is 5.91 Å². The Morgan fingerprint density at radius 2 is 1.89 bits per heavy atom. The first-order valence-corrected chi connectivity index (χ1v) is 13.5. The standard InChI is InChI=1S/C25H20BrCl2N3O4S/c26-17-2-4-21-19(10-17)16(12-30(21)14-23(32)29-5-7-35-8-6-29)9-22-24(33)31(25(34)36-22)13-15-1-3-18(27)11-20(15)28/h1-4,9-12H,5-8,13-14H2/b22-9-. The highest BCUT2D eigenvalue weighted by Crippen LogP contribution is 2.36. The maximum absolute atomic E-state index is 13.2. The van der Waals surface area contributed by atoms with Crippen LogP contribution >= 0.6 is 50.9 Å². The molecule has 3 heterocycles. The molecule has 0 atom stereocenters. The summed E-state index contributed by atoms with van der Waals surface area (Å²) >= 11 is 16.6. The minimum atomic E-state index is -0.392. The molecule has 0 saturated carbocycles. The molecule has 3 amide bonds. The molecule has 5 rings (SSSR count). The van der Waals surface area contributed by atoms with Gasteiger partial charge in [-0.25, -0.2) is 0 Å². The zero-order chi connectivity index (χ0) is 25.4. The van der Waals surface area contributed by atoms with Crippen LogP contribution in [0.2, 0.25) is 10.0 Å². The van der Waals surface area contributed by atoms with Gasteiger partial charge in [-0.05, 0) is 53.7 Å². The van der Waals surface area contributed by atoms with Crippen LogP contribution in [0.1, 0.15) is 11.1 Å². The summed E-state index contributed by atoms with van der Waals surface area (Å²) in [7, 11) is 0. The zero-order valence-corrected chi connectivity index (χ0v) is 22.8. The molecule has 0 unspecified atom stereocenters. The van der Waals surface area contributed by atoms with Gasteiger partial charge in [0, 0.05) is 50.3 Å². The van der Waals surface area contributed by atoms with Gasteiger partial charge < -0.3 is 14.2 Å². The molecule has 2 aliphatic rings. The highest BCUT2D eigenvalue weighted by atomic mass is 79.9. The smallest absolute Gasteiger partial charge is 0.293 e. The summed E-state index contributed by atoms with van der Waals surface area (Å²) in [5.74, 6) is -0.388. The maximum Gasteiger partial charge on any atom is 0.293 e. The van der Waals surface area contributed by atoms with Crippen molar-refractivity contribution < 1.29 is 19.1 Å². The number of nitrogens with zero attached hydrogens (tertiary/aromatic N) is 3. The van der Waals surface area contributed by atoms with Crippen molar-refractivity contribution in [3.05, 3.63) is 73.1 Å². The van der Waals surface area contributed by atoms with Crippen molar-refractivity contribution in [1.82, 2.24) is 14.4 Å². The van der Waals surface area contributed by atoms with Crippen LogP contribution in [0, 0.1) is 0 Å². The van der Waals surface area contributed by atoms with E-state index in [0.717, 1.165) is 32.7 Å². The number of thioether (sulfide) groups is 1. The molecular weight excluding hydrogens is 589 g/mol. The molecule has 0 bridgehead atoms. The monoisotopic (exact) mass is 607 g/mol. The number of imide groups is 1. The lowest BCUT2D eigenvalue weighted by atomic mass is 10.1. The Hall–Kier alpha value is -2.30. The highest BCUT2D eigenvalue weighted by Gasteiger charge is 2.35. The zero-order valence-electron chi connectivity index (χ0n) is 18.9. The first-order valence-electron chi connectivity index (χ1n) is 11.1. The lowest BCUT2D eigenvalue weighted by Crippen LogP contribution is -2.42. The van der Waals surface area contributed by atoms with Gasteiger partial charge in [-0.3, -0.25) is 19.3 Å². The molecule has 7 nitrogen and oxygen atoms in total. The summed E-state index contributed by atoms with van der Waals surface area (Å²) in [5, 5.41) is 1.37. The van der Waals surface area contributed by atoms with E-state index in [2.05, 4.69) is 15.9 Å². The van der Waals surface area contributed by atoms with E-state index >= 15 is 0 Å². The number of benzene rings is 2. The second kappa shape index (κ2) is 10.6. The van der Waals surface area contributed by atoms with Gasteiger partial charge in [0.25, 0.3) is 11.1 Å². The molecule has 0 N–H and O–H groups in total. The van der Waals surface area contributed by atoms with E-state index in [-0.39, 0.29) is 24.2 Å². The van der Waals surface area contributed by atoms with Gasteiger partial charge >= 0.3 is 0 Å². The first kappa shape index (κ1) is 25.4. The third-order valence-electron chi connectivity index (χ3n) is 6.05. The van der Waals surface area contributed by atoms with Crippen LogP contribution in [0.15, 0.2) is 52.0 Å². The molecule has 2 aromatic carbocycles. The number of amides is 3. The number of aromatic nitrogens is 1. The van der Waals surface area contributed by atoms with Gasteiger partial charge in [0.15, 0.2) is 0 Å². The number of carbonyl (C=O) groups is 3. The van der Waals surface area contributed by atoms with Crippen molar-refractivity contribution in [2.45, 2.75) is 13.1 Å². The average Bonchev–Trinajstić information content (AvgIpc) is 3.32. The molecule has 36 heavy (non-hydrogen) atoms. The van der Waals surface area contributed by atoms with Gasteiger partial charge in [-0.2, -0.15) is 0 Å². The van der Waals surface area contributed by atoms with E-state index in [9.17, 15) is 14.4 Å². The lowest BCUT2D eigenvalue weighted by Gasteiger charge is -2.27. The van der Waals surface area contributed by atoms with Crippen LogP contribution in [-0.4, -0.2) is 57.7 Å². The Morgan fingerprint density at radius 1 is 1.11 bits per heavy atom. The van der Waals surface area contributed by atoms with Crippen molar-refractivity contribution in [2.24, 2.45) is 0 Å². The molecule has 2 fully saturated rings. The van der Waals surface area contributed by atoms with E-state index in [4.69, 9.17) is 27.9 Å². The minimum Gasteiger partial charge on any atom is -0.378 e. The van der Waals surface area contributed by atoms with Gasteiger partial charge in [0.05, 0.1) is 24.7 Å². The Labute approximate surface area is 230 Å². The van der Waals surface area contributed by atoms with E-state index in [1.165, 1.54) is 4.90 Å². The van der Waals surface area contributed by atoms with Crippen LogP contribution in [0.25, 0.3) is 17.0 Å². The van der Waals surface area contributed by atoms with Gasteiger partial charge in [-0.1, -0.05) is 45.2 Å². The summed E-state index contributed by atoms with van der Waals surface area (Å²) in [6.45, 7) is 2.44. The fraction of sp³-hybridized carbons (Fsp3) is 0.240. The Balaban J connectivity index is 1.43. The normalized spacial score (nSPS) is 17.6. The number of carbonyl (C=O) groups excluding carboxylic acids is 3. The minimum absolute atomic E-state index is 0.00448. The Kier molecular flexibility index (Phi) is 7.46. The number of ether oxygens (including phenoxy) is 1. The van der Waals surface area contributed by atoms with Crippen LogP contribution in [-0.2, 0) is 27.4 Å². The maximum atomic E-state index is 13.2. The quantitative estimate of drug-likeness (QED) is 0.342. The Morgan fingerprint density at radius 3 is 2.64 bits per heavy atom. The van der Waals surface area contributed by atoms with E-state index in [1.54, 1.807) is 29.2 Å². The second-order valence-corrected chi connectivity index (χ2v) is 11.1. The van der Waals surface area contributed by atoms with Crippen molar-refractivity contribution in [3.63, 3.8) is 0 Å². The second-order valence-electron chi connectivity index (χ2n) is 8.37. The van der Waals surface area contributed by atoms with Crippen LogP contribution in [0.3, 0.4) is 0 Å². The predicted octanol–water partition coefficient (Wildman–Crippen LogP) is 5.81. The number of hydrogen-bond donors (Lipinski definition) is 0. The summed E-state index contributed by atoms with van der Waals surface area (Å²) in [6, 6.07) is 10.7. The number of rotatable bonds is 5. The molecule has 0 radical (unpaired) electrons. The van der Waals surface area contributed by atoms with Crippen LogP contribution in [0.4, 0.5) is 4.79 Å². The van der Waals surface area contributed by atoms with Crippen LogP contribution < -0.4 is 0 Å². The predicted molar refractivity (Wildman–Crippen MR) is 145 cm³/mol. The number of morpholine rings is 1. The third kappa shape index (κ3) is 5.21. The molecule has 11 heteroatoms. The first-order chi connectivity index (χ1) is 17.3. The summed E-state index contributed by atoms with van der Waals surface area (Å²) in [4.78, 5) is 42.0. The number of hydrogen-bond acceptors (Lipinski definition) is 5. The molecule has 0 aliphatic carbocycles. The summed E-state index contributed by atoms with van der Waals surface area (Å²) in [6.07, 6.45) is 3.55. The van der Waals surface area contributed by atoms with Crippen molar-refractivity contribution in [2.75, 3.05) is 26.3 Å². The SMILES string of the molecule is O=C(Cn1cc(/C=C2\SC(=O)N(Cc3ccc(Cl)cc3Cl)C2=O)c2cc(Br)ccc21)N1CCOCC1. The summed E-state index contributed by atoms with van der Waals surface area (Å²) < 4.78 is 8.09. The third-order valence-corrected chi connectivity index (χ3v) is 8.03. The fourth-order valence-corrected chi connectivity index (χ4v) is 5.86. The highest BCUT2D eigenvalue weighted by molar-refractivity contribution is 9.10. The molecule has 2 saturated heterocycles. The van der Waals surface area contributed by atoms with Crippen molar-refractivity contribution >= 4 is 84.9 Å². The lowest BCUT2D eigenvalue weighted by molar-refractivity contribution is -0.135. The van der Waals surface area contributed by atoms with Gasteiger partial charge in [0.2, 0.25) is 5.91 Å². The molecular formula is C25H20BrCl2N3O4S. The fourth-order valence-electron chi connectivity index (χ4n) is 4.20. The van der Waals surface area contributed by atoms with Gasteiger partial charge in [0.1, 0.15) is 6.54 Å². The van der Waals surface area contributed by atoms with Gasteiger partial charge in [-0.15, -0.1) is 0 Å². The van der Waals surface area contributed by atoms with Crippen molar-refractivity contribution in [1.29, 1.82) is 0 Å². The average molecular weight is 609 g/mol. The summed E-state index contributed by atoms with van der Waals surface area (Å²) in [5.41, 5.74) is 2.24. The number of halogens is 3.